The number of rotatable bonds is 2. The molecule has 0 N–H and O–H groups in total. The third kappa shape index (κ3) is 3.01. The van der Waals surface area contributed by atoms with Gasteiger partial charge in [0.25, 0.3) is 0 Å². The monoisotopic (exact) mass is 218 g/mol. The highest BCUT2D eigenvalue weighted by Crippen LogP contribution is 2.23. The van der Waals surface area contributed by atoms with Crippen LogP contribution in [-0.2, 0) is 10.5 Å². The van der Waals surface area contributed by atoms with E-state index in [9.17, 15) is 9.18 Å². The van der Waals surface area contributed by atoms with E-state index < -0.39 is 0 Å². The Morgan fingerprint density at radius 1 is 1.62 bits per heavy atom. The Balaban J connectivity index is 2.81. The van der Waals surface area contributed by atoms with Crippen molar-refractivity contribution in [3.63, 3.8) is 0 Å². The van der Waals surface area contributed by atoms with Crippen LogP contribution in [-0.4, -0.2) is 5.12 Å². The van der Waals surface area contributed by atoms with Crippen LogP contribution in [0.4, 0.5) is 4.39 Å². The molecule has 0 saturated heterocycles. The van der Waals surface area contributed by atoms with Gasteiger partial charge < -0.3 is 0 Å². The molecule has 0 aliphatic heterocycles. The Morgan fingerprint density at radius 2 is 2.31 bits per heavy atom. The molecule has 0 heterocycles. The molecule has 0 aliphatic carbocycles. The normalized spacial score (nSPS) is 10.1. The topological polar surface area (TPSA) is 17.1 Å². The first-order chi connectivity index (χ1) is 6.11. The Labute approximate surface area is 85.3 Å². The van der Waals surface area contributed by atoms with E-state index in [1.165, 1.54) is 13.0 Å². The number of thioether (sulfide) groups is 1. The van der Waals surface area contributed by atoms with E-state index in [0.717, 1.165) is 11.8 Å². The minimum Gasteiger partial charge on any atom is -0.288 e. The number of hydrogen-bond acceptors (Lipinski definition) is 2. The summed E-state index contributed by atoms with van der Waals surface area (Å²) in [5.41, 5.74) is 0.393. The van der Waals surface area contributed by atoms with E-state index in [1.807, 2.05) is 0 Å². The third-order valence-corrected chi connectivity index (χ3v) is 2.68. The molecule has 13 heavy (non-hydrogen) atoms. The van der Waals surface area contributed by atoms with E-state index in [1.54, 1.807) is 12.1 Å². The van der Waals surface area contributed by atoms with E-state index >= 15 is 0 Å². The van der Waals surface area contributed by atoms with E-state index in [2.05, 4.69) is 0 Å². The van der Waals surface area contributed by atoms with Gasteiger partial charge in [-0.1, -0.05) is 29.4 Å². The van der Waals surface area contributed by atoms with Crippen LogP contribution in [0.5, 0.6) is 0 Å². The summed E-state index contributed by atoms with van der Waals surface area (Å²) in [6, 6.07) is 4.49. The first-order valence-electron chi connectivity index (χ1n) is 3.67. The molecule has 0 amide bonds. The van der Waals surface area contributed by atoms with Crippen molar-refractivity contribution in [1.29, 1.82) is 0 Å². The molecule has 1 rings (SSSR count). The van der Waals surface area contributed by atoms with Crippen LogP contribution in [0.25, 0.3) is 0 Å². The molecule has 1 aromatic rings. The standard InChI is InChI=1S/C9H8ClFOS/c1-6(12)13-5-7-8(10)3-2-4-9(7)11/h2-4H,5H2,1H3. The third-order valence-electron chi connectivity index (χ3n) is 1.48. The van der Waals surface area contributed by atoms with Gasteiger partial charge in [0.15, 0.2) is 5.12 Å². The number of carbonyl (C=O) groups excluding carboxylic acids is 1. The lowest BCUT2D eigenvalue weighted by Crippen LogP contribution is -1.91. The smallest absolute Gasteiger partial charge is 0.186 e. The molecule has 0 aliphatic rings. The zero-order valence-corrected chi connectivity index (χ0v) is 8.58. The lowest BCUT2D eigenvalue weighted by molar-refractivity contribution is -0.109. The van der Waals surface area contributed by atoms with E-state index in [-0.39, 0.29) is 10.9 Å². The molecule has 0 aromatic heterocycles. The van der Waals surface area contributed by atoms with Crippen LogP contribution in [0.15, 0.2) is 18.2 Å². The molecule has 1 nitrogen and oxygen atoms in total. The van der Waals surface area contributed by atoms with Gasteiger partial charge in [-0.2, -0.15) is 0 Å². The van der Waals surface area contributed by atoms with Gasteiger partial charge in [0, 0.05) is 23.3 Å². The van der Waals surface area contributed by atoms with Crippen molar-refractivity contribution in [1.82, 2.24) is 0 Å². The zero-order valence-electron chi connectivity index (χ0n) is 7.01. The van der Waals surface area contributed by atoms with Crippen molar-refractivity contribution in [2.75, 3.05) is 0 Å². The van der Waals surface area contributed by atoms with Crippen molar-refractivity contribution >= 4 is 28.5 Å². The lowest BCUT2D eigenvalue weighted by Gasteiger charge is -2.02. The fourth-order valence-electron chi connectivity index (χ4n) is 0.844. The Morgan fingerprint density at radius 3 is 2.85 bits per heavy atom. The lowest BCUT2D eigenvalue weighted by atomic mass is 10.2. The van der Waals surface area contributed by atoms with Crippen molar-refractivity contribution in [2.24, 2.45) is 0 Å². The van der Waals surface area contributed by atoms with Crippen LogP contribution in [0, 0.1) is 5.82 Å². The Kier molecular flexibility index (Phi) is 3.75. The fourth-order valence-corrected chi connectivity index (χ4v) is 1.79. The molecule has 0 spiro atoms. The summed E-state index contributed by atoms with van der Waals surface area (Å²) >= 11 is 6.80. The van der Waals surface area contributed by atoms with Crippen molar-refractivity contribution in [3.05, 3.63) is 34.6 Å². The van der Waals surface area contributed by atoms with E-state index in [0.29, 0.717) is 16.3 Å². The summed E-state index contributed by atoms with van der Waals surface area (Å²) in [6.07, 6.45) is 0. The molecule has 0 unspecified atom stereocenters. The van der Waals surface area contributed by atoms with Gasteiger partial charge in [-0.15, -0.1) is 0 Å². The number of carbonyl (C=O) groups is 1. The molecule has 1 aromatic carbocycles. The minimum absolute atomic E-state index is 0.0423. The minimum atomic E-state index is -0.360. The highest BCUT2D eigenvalue weighted by atomic mass is 35.5. The maximum atomic E-state index is 13.1. The van der Waals surface area contributed by atoms with E-state index in [4.69, 9.17) is 11.6 Å². The van der Waals surface area contributed by atoms with Gasteiger partial charge in [0.1, 0.15) is 5.82 Å². The second-order valence-corrected chi connectivity index (χ2v) is 4.04. The molecule has 4 heteroatoms. The summed E-state index contributed by atoms with van der Waals surface area (Å²) in [6.45, 7) is 1.44. The summed E-state index contributed by atoms with van der Waals surface area (Å²) in [4.78, 5) is 10.6. The predicted molar refractivity (Wildman–Crippen MR) is 53.4 cm³/mol. The Bertz CT molecular complexity index is 307. The van der Waals surface area contributed by atoms with Crippen LogP contribution in [0.3, 0.4) is 0 Å². The molecular formula is C9H8ClFOS. The average molecular weight is 219 g/mol. The largest absolute Gasteiger partial charge is 0.288 e. The summed E-state index contributed by atoms with van der Waals surface area (Å²) in [5.74, 6) is -0.0675. The van der Waals surface area contributed by atoms with Gasteiger partial charge >= 0.3 is 0 Å². The van der Waals surface area contributed by atoms with Gasteiger partial charge in [-0.05, 0) is 12.1 Å². The van der Waals surface area contributed by atoms with Gasteiger partial charge in [-0.25, -0.2) is 4.39 Å². The maximum Gasteiger partial charge on any atom is 0.186 e. The van der Waals surface area contributed by atoms with Crippen molar-refractivity contribution < 1.29 is 9.18 Å². The van der Waals surface area contributed by atoms with Crippen LogP contribution in [0.1, 0.15) is 12.5 Å². The summed E-state index contributed by atoms with van der Waals surface area (Å²) in [7, 11) is 0. The molecule has 70 valence electrons. The fraction of sp³-hybridized carbons (Fsp3) is 0.222. The zero-order chi connectivity index (χ0) is 9.84. The molecule has 0 fully saturated rings. The van der Waals surface area contributed by atoms with Gasteiger partial charge in [0.05, 0.1) is 0 Å². The number of hydrogen-bond donors (Lipinski definition) is 0. The van der Waals surface area contributed by atoms with Gasteiger partial charge in [-0.3, -0.25) is 4.79 Å². The molecule has 0 radical (unpaired) electrons. The van der Waals surface area contributed by atoms with Crippen LogP contribution >= 0.6 is 23.4 Å². The molecular weight excluding hydrogens is 211 g/mol. The predicted octanol–water partition coefficient (Wildman–Crippen LogP) is 3.26. The molecule has 0 bridgehead atoms. The number of halogens is 2. The van der Waals surface area contributed by atoms with Crippen LogP contribution < -0.4 is 0 Å². The molecule has 0 atom stereocenters. The summed E-state index contributed by atoms with van der Waals surface area (Å²) in [5, 5.41) is 0.327. The second kappa shape index (κ2) is 4.63. The SMILES string of the molecule is CC(=O)SCc1c(F)cccc1Cl. The van der Waals surface area contributed by atoms with Crippen molar-refractivity contribution in [2.45, 2.75) is 12.7 Å². The summed E-state index contributed by atoms with van der Waals surface area (Å²) < 4.78 is 13.1. The van der Waals surface area contributed by atoms with Gasteiger partial charge in [0.2, 0.25) is 0 Å². The van der Waals surface area contributed by atoms with Crippen LogP contribution in [0.2, 0.25) is 5.02 Å². The highest BCUT2D eigenvalue weighted by molar-refractivity contribution is 8.12. The second-order valence-electron chi connectivity index (χ2n) is 2.48. The Hall–Kier alpha value is -0.540. The first-order valence-corrected chi connectivity index (χ1v) is 5.04. The highest BCUT2D eigenvalue weighted by Gasteiger charge is 2.07. The average Bonchev–Trinajstić information content (AvgIpc) is 2.03. The first kappa shape index (κ1) is 10.5. The van der Waals surface area contributed by atoms with Crippen molar-refractivity contribution in [3.8, 4) is 0 Å². The quantitative estimate of drug-likeness (QED) is 0.758. The number of benzene rings is 1. The maximum absolute atomic E-state index is 13.1. The molecule has 0 saturated carbocycles.